The van der Waals surface area contributed by atoms with Crippen LogP contribution in [0.3, 0.4) is 0 Å². The highest BCUT2D eigenvalue weighted by Crippen LogP contribution is 2.10. The lowest BCUT2D eigenvalue weighted by atomic mass is 10.1. The summed E-state index contributed by atoms with van der Waals surface area (Å²) in [7, 11) is 0. The number of carbonyl (C=O) groups excluding carboxylic acids is 3. The summed E-state index contributed by atoms with van der Waals surface area (Å²) in [5, 5.41) is 14.1. The summed E-state index contributed by atoms with van der Waals surface area (Å²) < 4.78 is 0. The topological polar surface area (TPSA) is 99.1 Å². The number of carbonyl (C=O) groups is 3. The number of hydrogen-bond acceptors (Lipinski definition) is 4. The van der Waals surface area contributed by atoms with E-state index in [1.54, 1.807) is 55.5 Å². The first-order chi connectivity index (χ1) is 12.5. The summed E-state index contributed by atoms with van der Waals surface area (Å²) in [4.78, 5) is 36.1. The molecule has 2 aromatic rings. The van der Waals surface area contributed by atoms with Gasteiger partial charge in [0.15, 0.2) is 5.78 Å². The fourth-order valence-electron chi connectivity index (χ4n) is 2.35. The van der Waals surface area contributed by atoms with Crippen molar-refractivity contribution >= 4 is 23.3 Å². The predicted molar refractivity (Wildman–Crippen MR) is 97.4 cm³/mol. The Bertz CT molecular complexity index is 841. The molecule has 132 valence electrons. The third-order valence-electron chi connectivity index (χ3n) is 3.68. The van der Waals surface area contributed by atoms with Crippen LogP contribution in [-0.4, -0.2) is 23.6 Å². The number of amides is 2. The minimum Gasteiger partial charge on any atom is -0.346 e. The van der Waals surface area contributed by atoms with Crippen LogP contribution in [0.25, 0.3) is 0 Å². The van der Waals surface area contributed by atoms with Crippen molar-refractivity contribution in [3.8, 4) is 6.07 Å². The Morgan fingerprint density at radius 2 is 1.69 bits per heavy atom. The second kappa shape index (κ2) is 9.14. The van der Waals surface area contributed by atoms with Crippen LogP contribution in [0.2, 0.25) is 0 Å². The molecule has 0 aromatic heterocycles. The van der Waals surface area contributed by atoms with Crippen LogP contribution in [0.1, 0.15) is 35.7 Å². The molecule has 26 heavy (non-hydrogen) atoms. The van der Waals surface area contributed by atoms with Crippen molar-refractivity contribution < 1.29 is 14.4 Å². The van der Waals surface area contributed by atoms with Crippen LogP contribution < -0.4 is 10.6 Å². The van der Waals surface area contributed by atoms with Crippen LogP contribution in [0.4, 0.5) is 5.69 Å². The van der Waals surface area contributed by atoms with Gasteiger partial charge in [-0.05, 0) is 25.1 Å². The monoisotopic (exact) mass is 349 g/mol. The fraction of sp³-hybridized carbons (Fsp3) is 0.200. The minimum atomic E-state index is -0.666. The van der Waals surface area contributed by atoms with Crippen molar-refractivity contribution in [1.82, 2.24) is 5.32 Å². The molecule has 0 heterocycles. The third kappa shape index (κ3) is 5.56. The molecule has 0 saturated heterocycles. The van der Waals surface area contributed by atoms with Gasteiger partial charge in [0.1, 0.15) is 0 Å². The van der Waals surface area contributed by atoms with Crippen molar-refractivity contribution in [2.45, 2.75) is 25.8 Å². The summed E-state index contributed by atoms with van der Waals surface area (Å²) >= 11 is 0. The molecule has 6 nitrogen and oxygen atoms in total. The number of nitrogens with zero attached hydrogens (tertiary/aromatic N) is 1. The van der Waals surface area contributed by atoms with Gasteiger partial charge in [0.2, 0.25) is 11.8 Å². The molecule has 0 aliphatic rings. The summed E-state index contributed by atoms with van der Waals surface area (Å²) in [6.07, 6.45) is -0.0505. The van der Waals surface area contributed by atoms with Gasteiger partial charge in [-0.2, -0.15) is 5.26 Å². The summed E-state index contributed by atoms with van der Waals surface area (Å²) in [6.45, 7) is 1.61. The molecule has 0 fully saturated rings. The second-order valence-electron chi connectivity index (χ2n) is 5.76. The maximum Gasteiger partial charge on any atom is 0.224 e. The van der Waals surface area contributed by atoms with Crippen LogP contribution >= 0.6 is 0 Å². The molecule has 2 aromatic carbocycles. The van der Waals surface area contributed by atoms with E-state index in [1.807, 2.05) is 12.1 Å². The highest BCUT2D eigenvalue weighted by atomic mass is 16.2. The summed E-state index contributed by atoms with van der Waals surface area (Å²) in [5.41, 5.74) is 1.46. The van der Waals surface area contributed by atoms with Crippen molar-refractivity contribution in [3.63, 3.8) is 0 Å². The van der Waals surface area contributed by atoms with Gasteiger partial charge in [0.05, 0.1) is 17.7 Å². The van der Waals surface area contributed by atoms with Gasteiger partial charge in [0, 0.05) is 24.1 Å². The van der Waals surface area contributed by atoms with Gasteiger partial charge in [0.25, 0.3) is 0 Å². The predicted octanol–water partition coefficient (Wildman–Crippen LogP) is 2.66. The lowest BCUT2D eigenvalue weighted by Crippen LogP contribution is -2.38. The lowest BCUT2D eigenvalue weighted by molar-refractivity contribution is -0.124. The molecule has 0 bridgehead atoms. The largest absolute Gasteiger partial charge is 0.346 e. The molecule has 2 rings (SSSR count). The molecule has 0 spiro atoms. The van der Waals surface area contributed by atoms with Crippen molar-refractivity contribution in [1.29, 1.82) is 5.26 Å². The van der Waals surface area contributed by atoms with E-state index in [0.29, 0.717) is 16.8 Å². The van der Waals surface area contributed by atoms with Gasteiger partial charge in [-0.1, -0.05) is 36.4 Å². The average molecular weight is 349 g/mol. The number of hydrogen-bond donors (Lipinski definition) is 2. The maximum atomic E-state index is 12.2. The summed E-state index contributed by atoms with van der Waals surface area (Å²) in [6, 6.07) is 16.5. The zero-order chi connectivity index (χ0) is 18.9. The number of nitriles is 1. The Morgan fingerprint density at radius 1 is 1.00 bits per heavy atom. The Kier molecular flexibility index (Phi) is 6.63. The van der Waals surface area contributed by atoms with Gasteiger partial charge in [-0.25, -0.2) is 0 Å². The molecule has 2 amide bonds. The minimum absolute atomic E-state index is 0.0190. The Balaban J connectivity index is 1.79. The summed E-state index contributed by atoms with van der Waals surface area (Å²) in [5.74, 6) is -0.892. The van der Waals surface area contributed by atoms with Gasteiger partial charge in [-0.3, -0.25) is 14.4 Å². The molecule has 2 N–H and O–H groups in total. The van der Waals surface area contributed by atoms with Crippen LogP contribution in [-0.2, 0) is 9.59 Å². The molecule has 1 atom stereocenters. The molecule has 0 radical (unpaired) electrons. The maximum absolute atomic E-state index is 12.2. The molecule has 0 unspecified atom stereocenters. The van der Waals surface area contributed by atoms with Crippen molar-refractivity contribution in [2.24, 2.45) is 0 Å². The van der Waals surface area contributed by atoms with Crippen molar-refractivity contribution in [2.75, 3.05) is 5.32 Å². The Hall–Kier alpha value is -3.46. The van der Waals surface area contributed by atoms with Crippen LogP contribution in [0.15, 0.2) is 54.6 Å². The molecular weight excluding hydrogens is 330 g/mol. The second-order valence-corrected chi connectivity index (χ2v) is 5.76. The zero-order valence-corrected chi connectivity index (χ0v) is 14.4. The van der Waals surface area contributed by atoms with E-state index in [1.165, 1.54) is 0 Å². The Morgan fingerprint density at radius 3 is 2.38 bits per heavy atom. The number of anilines is 1. The SMILES string of the molecule is C[C@@H](NC(=O)CCC(=O)Nc1cccc(C#N)c1)C(=O)c1ccccc1. The van der Waals surface area contributed by atoms with E-state index in [2.05, 4.69) is 10.6 Å². The number of rotatable bonds is 7. The third-order valence-corrected chi connectivity index (χ3v) is 3.68. The van der Waals surface area contributed by atoms with E-state index >= 15 is 0 Å². The standard InChI is InChI=1S/C20H19N3O3/c1-14(20(26)16-7-3-2-4-8-16)22-18(24)10-11-19(25)23-17-9-5-6-15(12-17)13-21/h2-9,12,14H,10-11H2,1H3,(H,22,24)(H,23,25)/t14-/m1/s1. The van der Waals surface area contributed by atoms with Gasteiger partial charge in [-0.15, -0.1) is 0 Å². The normalized spacial score (nSPS) is 11.1. The van der Waals surface area contributed by atoms with Gasteiger partial charge < -0.3 is 10.6 Å². The first-order valence-electron chi connectivity index (χ1n) is 8.18. The van der Waals surface area contributed by atoms with Gasteiger partial charge >= 0.3 is 0 Å². The van der Waals surface area contributed by atoms with E-state index in [4.69, 9.17) is 5.26 Å². The van der Waals surface area contributed by atoms with Crippen LogP contribution in [0, 0.1) is 11.3 Å². The number of nitrogens with one attached hydrogen (secondary N) is 2. The molecule has 0 saturated carbocycles. The van der Waals surface area contributed by atoms with Crippen LogP contribution in [0.5, 0.6) is 0 Å². The fourth-order valence-corrected chi connectivity index (χ4v) is 2.35. The number of benzene rings is 2. The molecule has 0 aliphatic heterocycles. The first kappa shape index (κ1) is 18.9. The first-order valence-corrected chi connectivity index (χ1v) is 8.18. The quantitative estimate of drug-likeness (QED) is 0.751. The smallest absolute Gasteiger partial charge is 0.224 e. The zero-order valence-electron chi connectivity index (χ0n) is 14.4. The Labute approximate surface area is 151 Å². The van der Waals surface area contributed by atoms with E-state index < -0.39 is 6.04 Å². The lowest BCUT2D eigenvalue weighted by Gasteiger charge is -2.13. The average Bonchev–Trinajstić information content (AvgIpc) is 2.66. The number of ketones is 1. The number of Topliss-reactive ketones (excluding diaryl/α,β-unsaturated/α-hetero) is 1. The molecule has 0 aliphatic carbocycles. The highest BCUT2D eigenvalue weighted by Gasteiger charge is 2.17. The van der Waals surface area contributed by atoms with E-state index in [-0.39, 0.29) is 30.4 Å². The highest BCUT2D eigenvalue weighted by molar-refractivity contribution is 6.02. The molecule has 6 heteroatoms. The van der Waals surface area contributed by atoms with Crippen molar-refractivity contribution in [3.05, 3.63) is 65.7 Å². The molecular formula is C20H19N3O3. The van der Waals surface area contributed by atoms with E-state index in [9.17, 15) is 14.4 Å². The van der Waals surface area contributed by atoms with E-state index in [0.717, 1.165) is 0 Å².